The van der Waals surface area contributed by atoms with Crippen LogP contribution in [-0.2, 0) is 5.41 Å². The molecule has 1 aromatic heterocycles. The maximum Gasteiger partial charge on any atom is 0.161 e. The zero-order chi connectivity index (χ0) is 38.2. The largest absolute Gasteiger partial charge is 0.457 e. The molecule has 5 aromatic carbocycles. The van der Waals surface area contributed by atoms with Gasteiger partial charge in [0, 0.05) is 28.2 Å². The van der Waals surface area contributed by atoms with Gasteiger partial charge in [0.1, 0.15) is 11.5 Å². The van der Waals surface area contributed by atoms with Gasteiger partial charge in [0.15, 0.2) is 5.82 Å². The van der Waals surface area contributed by atoms with Crippen molar-refractivity contribution in [2.24, 2.45) is 11.8 Å². The summed E-state index contributed by atoms with van der Waals surface area (Å²) in [6, 6.07) is 47.5. The second kappa shape index (κ2) is 14.8. The number of para-hydroxylation sites is 2. The Labute approximate surface area is 335 Å². The SMILES string of the molecule is CC1C=CC=CC1C1(C2=CC=C(c3ccccc3-c3nc(C4=CCCC=C4)cc(-c4ccc(-c5ccccc5)cc4)n3)CC2)c2ccccc2Oc2ccccc21. The van der Waals surface area contributed by atoms with E-state index in [1.165, 1.54) is 39.0 Å². The Kier molecular flexibility index (Phi) is 9.07. The highest BCUT2D eigenvalue weighted by Gasteiger charge is 2.51. The molecule has 2 unspecified atom stereocenters. The third kappa shape index (κ3) is 6.24. The van der Waals surface area contributed by atoms with Gasteiger partial charge in [-0.05, 0) is 77.6 Å². The van der Waals surface area contributed by atoms with Crippen molar-refractivity contribution in [2.75, 3.05) is 0 Å². The Morgan fingerprint density at radius 2 is 1.25 bits per heavy atom. The summed E-state index contributed by atoms with van der Waals surface area (Å²) < 4.78 is 6.62. The van der Waals surface area contributed by atoms with Crippen LogP contribution in [0.3, 0.4) is 0 Å². The molecule has 3 nitrogen and oxygen atoms in total. The normalized spacial score (nSPS) is 19.1. The van der Waals surface area contributed by atoms with E-state index in [0.717, 1.165) is 71.1 Å². The molecule has 3 aliphatic carbocycles. The van der Waals surface area contributed by atoms with Crippen LogP contribution in [0.25, 0.3) is 44.9 Å². The number of nitrogens with zero attached hydrogens (tertiary/aromatic N) is 2. The molecule has 3 heteroatoms. The molecule has 6 aromatic rings. The van der Waals surface area contributed by atoms with Crippen molar-refractivity contribution < 1.29 is 4.74 Å². The molecule has 0 radical (unpaired) electrons. The van der Waals surface area contributed by atoms with E-state index in [1.807, 2.05) is 0 Å². The third-order valence-corrected chi connectivity index (χ3v) is 12.2. The highest BCUT2D eigenvalue weighted by molar-refractivity contribution is 5.83. The molecule has 4 aliphatic rings. The predicted octanol–water partition coefficient (Wildman–Crippen LogP) is 13.8. The maximum absolute atomic E-state index is 6.62. The fraction of sp³-hybridized carbons (Fsp3) is 0.148. The van der Waals surface area contributed by atoms with Gasteiger partial charge in [-0.3, -0.25) is 0 Å². The molecule has 0 amide bonds. The zero-order valence-electron chi connectivity index (χ0n) is 32.2. The second-order valence-electron chi connectivity index (χ2n) is 15.5. The summed E-state index contributed by atoms with van der Waals surface area (Å²) in [4.78, 5) is 10.6. The second-order valence-corrected chi connectivity index (χ2v) is 15.5. The lowest BCUT2D eigenvalue weighted by Gasteiger charge is -2.49. The number of fused-ring (bicyclic) bond motifs is 2. The quantitative estimate of drug-likeness (QED) is 0.164. The molecule has 10 rings (SSSR count). The van der Waals surface area contributed by atoms with E-state index in [-0.39, 0.29) is 11.3 Å². The molecule has 0 fully saturated rings. The van der Waals surface area contributed by atoms with Crippen LogP contribution in [0.2, 0.25) is 0 Å². The van der Waals surface area contributed by atoms with Crippen molar-refractivity contribution in [3.63, 3.8) is 0 Å². The number of allylic oxidation sites excluding steroid dienone is 12. The zero-order valence-corrected chi connectivity index (χ0v) is 32.2. The number of rotatable bonds is 7. The lowest BCUT2D eigenvalue weighted by molar-refractivity contribution is 0.315. The van der Waals surface area contributed by atoms with Gasteiger partial charge in [-0.1, -0.05) is 182 Å². The van der Waals surface area contributed by atoms with Gasteiger partial charge in [-0.25, -0.2) is 9.97 Å². The summed E-state index contributed by atoms with van der Waals surface area (Å²) in [6.07, 6.45) is 24.6. The Balaban J connectivity index is 1.09. The van der Waals surface area contributed by atoms with Crippen LogP contribution in [-0.4, -0.2) is 9.97 Å². The van der Waals surface area contributed by atoms with E-state index in [9.17, 15) is 0 Å². The fourth-order valence-corrected chi connectivity index (χ4v) is 9.48. The summed E-state index contributed by atoms with van der Waals surface area (Å²) in [5, 5.41) is 0. The molecule has 57 heavy (non-hydrogen) atoms. The van der Waals surface area contributed by atoms with Crippen LogP contribution in [0.4, 0.5) is 0 Å². The predicted molar refractivity (Wildman–Crippen MR) is 235 cm³/mol. The van der Waals surface area contributed by atoms with Gasteiger partial charge < -0.3 is 4.74 Å². The topological polar surface area (TPSA) is 35.0 Å². The number of aromatic nitrogens is 2. The lowest BCUT2D eigenvalue weighted by atomic mass is 9.55. The first-order valence-electron chi connectivity index (χ1n) is 20.3. The molecule has 276 valence electrons. The number of hydrogen-bond donors (Lipinski definition) is 0. The van der Waals surface area contributed by atoms with E-state index in [4.69, 9.17) is 14.7 Å². The monoisotopic (exact) mass is 736 g/mol. The van der Waals surface area contributed by atoms with E-state index in [0.29, 0.717) is 5.92 Å². The summed E-state index contributed by atoms with van der Waals surface area (Å²) in [5.41, 5.74) is 13.5. The van der Waals surface area contributed by atoms with Gasteiger partial charge in [0.05, 0.1) is 16.8 Å². The van der Waals surface area contributed by atoms with Gasteiger partial charge in [-0.15, -0.1) is 0 Å². The van der Waals surface area contributed by atoms with E-state index in [1.54, 1.807) is 0 Å². The molecule has 0 spiro atoms. The Hall–Kier alpha value is -6.58. The van der Waals surface area contributed by atoms with Crippen LogP contribution in [0, 0.1) is 11.8 Å². The molecule has 0 saturated carbocycles. The molecule has 0 N–H and O–H groups in total. The molecule has 1 aliphatic heterocycles. The first-order valence-corrected chi connectivity index (χ1v) is 20.3. The highest BCUT2D eigenvalue weighted by atomic mass is 16.5. The molecule has 2 atom stereocenters. The average Bonchev–Trinajstić information content (AvgIpc) is 3.29. The smallest absolute Gasteiger partial charge is 0.161 e. The maximum atomic E-state index is 6.62. The Morgan fingerprint density at radius 3 is 1.95 bits per heavy atom. The van der Waals surface area contributed by atoms with Gasteiger partial charge >= 0.3 is 0 Å². The van der Waals surface area contributed by atoms with Gasteiger partial charge in [0.25, 0.3) is 0 Å². The van der Waals surface area contributed by atoms with Crippen molar-refractivity contribution >= 4 is 11.1 Å². The first-order chi connectivity index (χ1) is 28.2. The van der Waals surface area contributed by atoms with E-state index < -0.39 is 0 Å². The minimum atomic E-state index is -0.378. The van der Waals surface area contributed by atoms with Crippen molar-refractivity contribution in [1.29, 1.82) is 0 Å². The Bertz CT molecular complexity index is 2630. The summed E-state index contributed by atoms with van der Waals surface area (Å²) >= 11 is 0. The summed E-state index contributed by atoms with van der Waals surface area (Å²) in [6.45, 7) is 2.35. The molecule has 0 saturated heterocycles. The van der Waals surface area contributed by atoms with Crippen molar-refractivity contribution in [3.8, 4) is 45.3 Å². The summed E-state index contributed by atoms with van der Waals surface area (Å²) in [5.74, 6) is 3.19. The van der Waals surface area contributed by atoms with Crippen LogP contribution < -0.4 is 4.74 Å². The van der Waals surface area contributed by atoms with Gasteiger partial charge in [0.2, 0.25) is 0 Å². The molecular formula is C54H44N2O. The minimum absolute atomic E-state index is 0.224. The third-order valence-electron chi connectivity index (χ3n) is 12.2. The number of ether oxygens (including phenoxy) is 1. The highest BCUT2D eigenvalue weighted by Crippen LogP contribution is 2.59. The van der Waals surface area contributed by atoms with Crippen LogP contribution in [0.1, 0.15) is 55.0 Å². The molecular weight excluding hydrogens is 693 g/mol. The van der Waals surface area contributed by atoms with Gasteiger partial charge in [-0.2, -0.15) is 0 Å². The van der Waals surface area contributed by atoms with Crippen LogP contribution in [0.15, 0.2) is 194 Å². The summed E-state index contributed by atoms with van der Waals surface area (Å²) in [7, 11) is 0. The number of hydrogen-bond acceptors (Lipinski definition) is 3. The Morgan fingerprint density at radius 1 is 0.596 bits per heavy atom. The van der Waals surface area contributed by atoms with Crippen LogP contribution in [0.5, 0.6) is 11.5 Å². The molecule has 0 bridgehead atoms. The first kappa shape index (κ1) is 34.9. The van der Waals surface area contributed by atoms with E-state index in [2.05, 4.69) is 195 Å². The van der Waals surface area contributed by atoms with E-state index >= 15 is 0 Å². The lowest BCUT2D eigenvalue weighted by Crippen LogP contribution is -2.43. The van der Waals surface area contributed by atoms with Crippen molar-refractivity contribution in [3.05, 3.63) is 216 Å². The average molecular weight is 737 g/mol. The molecule has 2 heterocycles. The van der Waals surface area contributed by atoms with Crippen LogP contribution >= 0.6 is 0 Å². The minimum Gasteiger partial charge on any atom is -0.457 e. The number of benzene rings is 5. The van der Waals surface area contributed by atoms with Crippen molar-refractivity contribution in [2.45, 2.75) is 38.0 Å². The standard InChI is InChI=1S/C54H44N2O/c1-37-16-8-11-23-46(37)54(47-24-12-14-26-51(47)57-52-27-15-13-25-48(52)54)43-34-32-40(33-35-43)44-21-9-10-22-45(44)53-55-49(41-19-6-3-7-20-41)36-50(56-53)42-30-28-39(29-31-42)38-17-4-2-5-18-38/h2,4-6,8-32,34,36-37,46H,3,7,33,35H2,1H3. The fourth-order valence-electron chi connectivity index (χ4n) is 9.48. The van der Waals surface area contributed by atoms with Crippen molar-refractivity contribution in [1.82, 2.24) is 9.97 Å².